The molecule has 146 valence electrons. The van der Waals surface area contributed by atoms with Crippen LogP contribution in [0.5, 0.6) is 0 Å². The first-order chi connectivity index (χ1) is 14.3. The summed E-state index contributed by atoms with van der Waals surface area (Å²) in [5.41, 5.74) is 5.03. The quantitative estimate of drug-likeness (QED) is 0.548. The van der Waals surface area contributed by atoms with Gasteiger partial charge in [0.1, 0.15) is 17.5 Å². The number of nitriles is 1. The van der Waals surface area contributed by atoms with Crippen LogP contribution >= 0.6 is 0 Å². The van der Waals surface area contributed by atoms with E-state index in [0.29, 0.717) is 17.4 Å². The molecule has 2 N–H and O–H groups in total. The fourth-order valence-electron chi connectivity index (χ4n) is 4.45. The maximum Gasteiger partial charge on any atom is 0.141 e. The topological polar surface area (TPSA) is 94.7 Å². The first-order valence-corrected chi connectivity index (χ1v) is 10.2. The van der Waals surface area contributed by atoms with E-state index in [1.54, 1.807) is 10.8 Å². The highest BCUT2D eigenvalue weighted by molar-refractivity contribution is 5.92. The lowest BCUT2D eigenvalue weighted by Crippen LogP contribution is -2.26. The fourth-order valence-corrected chi connectivity index (χ4v) is 4.45. The number of benzene rings is 1. The van der Waals surface area contributed by atoms with Crippen molar-refractivity contribution >= 4 is 16.6 Å². The van der Waals surface area contributed by atoms with Crippen LogP contribution in [0.1, 0.15) is 48.4 Å². The van der Waals surface area contributed by atoms with Crippen molar-refractivity contribution < 1.29 is 0 Å². The summed E-state index contributed by atoms with van der Waals surface area (Å²) in [5.74, 6) is 1.16. The molecule has 1 fully saturated rings. The van der Waals surface area contributed by atoms with Crippen LogP contribution in [0.3, 0.4) is 0 Å². The van der Waals surface area contributed by atoms with Crippen molar-refractivity contribution in [1.29, 1.82) is 5.26 Å². The van der Waals surface area contributed by atoms with E-state index >= 15 is 0 Å². The third-order valence-electron chi connectivity index (χ3n) is 6.08. The summed E-state index contributed by atoms with van der Waals surface area (Å²) in [5, 5.41) is 22.4. The van der Waals surface area contributed by atoms with Gasteiger partial charge in [-0.1, -0.05) is 17.3 Å². The molecular weight excluding hydrogens is 362 g/mol. The molecule has 1 saturated carbocycles. The highest BCUT2D eigenvalue weighted by Gasteiger charge is 2.26. The first kappa shape index (κ1) is 17.8. The summed E-state index contributed by atoms with van der Waals surface area (Å²) in [4.78, 5) is 7.57. The van der Waals surface area contributed by atoms with Gasteiger partial charge in [0.05, 0.1) is 17.3 Å². The largest absolute Gasteiger partial charge is 0.346 e. The van der Waals surface area contributed by atoms with E-state index in [1.807, 2.05) is 30.5 Å². The van der Waals surface area contributed by atoms with Crippen LogP contribution in [0.4, 0.5) is 0 Å². The molecule has 4 aromatic rings. The van der Waals surface area contributed by atoms with E-state index in [0.717, 1.165) is 48.2 Å². The Hall–Kier alpha value is -3.24. The molecule has 1 aromatic carbocycles. The molecule has 0 radical (unpaired) electrons. The van der Waals surface area contributed by atoms with Gasteiger partial charge in [-0.3, -0.25) is 0 Å². The average Bonchev–Trinajstić information content (AvgIpc) is 3.41. The summed E-state index contributed by atoms with van der Waals surface area (Å²) in [6.07, 6.45) is 8.35. The van der Waals surface area contributed by atoms with Crippen LogP contribution in [0, 0.1) is 17.2 Å². The molecule has 7 nitrogen and oxygen atoms in total. The number of nitrogens with one attached hydrogen (secondary N) is 2. The van der Waals surface area contributed by atoms with E-state index in [2.05, 4.69) is 37.7 Å². The van der Waals surface area contributed by atoms with Gasteiger partial charge >= 0.3 is 0 Å². The number of hydrogen-bond donors (Lipinski definition) is 2. The number of fused-ring (bicyclic) bond motifs is 3. The SMILES string of the molecule is N#Cc1ccc(CNCC2CCC(c3nnn4cnc5[nH]ccc5c34)CC2)cc1. The van der Waals surface area contributed by atoms with E-state index in [9.17, 15) is 0 Å². The van der Waals surface area contributed by atoms with Crippen LogP contribution in [0.25, 0.3) is 16.6 Å². The van der Waals surface area contributed by atoms with Crippen LogP contribution < -0.4 is 5.32 Å². The summed E-state index contributed by atoms with van der Waals surface area (Å²) in [7, 11) is 0. The van der Waals surface area contributed by atoms with Crippen molar-refractivity contribution in [3.05, 3.63) is 59.7 Å². The minimum atomic E-state index is 0.461. The normalized spacial score (nSPS) is 19.6. The monoisotopic (exact) mass is 385 g/mol. The summed E-state index contributed by atoms with van der Waals surface area (Å²) < 4.78 is 1.80. The summed E-state index contributed by atoms with van der Waals surface area (Å²) in [6, 6.07) is 12.0. The van der Waals surface area contributed by atoms with Gasteiger partial charge in [-0.05, 0) is 61.9 Å². The molecule has 5 rings (SSSR count). The molecule has 3 aromatic heterocycles. The fraction of sp³-hybridized carbons (Fsp3) is 0.364. The van der Waals surface area contributed by atoms with Crippen LogP contribution in [-0.4, -0.2) is 31.3 Å². The molecule has 7 heteroatoms. The molecule has 1 aliphatic rings. The molecule has 1 aliphatic carbocycles. The van der Waals surface area contributed by atoms with Gasteiger partial charge in [0.25, 0.3) is 0 Å². The minimum Gasteiger partial charge on any atom is -0.346 e. The highest BCUT2D eigenvalue weighted by Crippen LogP contribution is 2.37. The molecule has 0 saturated heterocycles. The number of nitrogens with zero attached hydrogens (tertiary/aromatic N) is 5. The molecule has 0 aliphatic heterocycles. The van der Waals surface area contributed by atoms with Crippen LogP contribution in [-0.2, 0) is 6.54 Å². The van der Waals surface area contributed by atoms with Crippen LogP contribution in [0.15, 0.2) is 42.9 Å². The lowest BCUT2D eigenvalue weighted by molar-refractivity contribution is 0.312. The second kappa shape index (κ2) is 7.64. The molecule has 3 heterocycles. The Morgan fingerprint density at radius 1 is 1.14 bits per heavy atom. The van der Waals surface area contributed by atoms with Gasteiger partial charge in [-0.15, -0.1) is 5.10 Å². The lowest BCUT2D eigenvalue weighted by atomic mass is 9.80. The molecule has 29 heavy (non-hydrogen) atoms. The van der Waals surface area contributed by atoms with E-state index < -0.39 is 0 Å². The van der Waals surface area contributed by atoms with Crippen molar-refractivity contribution in [3.8, 4) is 6.07 Å². The predicted molar refractivity (Wildman–Crippen MR) is 110 cm³/mol. The van der Waals surface area contributed by atoms with Gasteiger partial charge in [-0.2, -0.15) is 5.26 Å². The zero-order valence-electron chi connectivity index (χ0n) is 16.2. The maximum atomic E-state index is 8.88. The predicted octanol–water partition coefficient (Wildman–Crippen LogP) is 3.54. The Morgan fingerprint density at radius 3 is 2.76 bits per heavy atom. The highest BCUT2D eigenvalue weighted by atomic mass is 15.4. The second-order valence-corrected chi connectivity index (χ2v) is 7.91. The molecule has 0 amide bonds. The average molecular weight is 385 g/mol. The van der Waals surface area contributed by atoms with Crippen molar-refractivity contribution in [2.24, 2.45) is 5.92 Å². The second-order valence-electron chi connectivity index (χ2n) is 7.91. The molecule has 0 bridgehead atoms. The van der Waals surface area contributed by atoms with Gasteiger partial charge in [0, 0.05) is 24.0 Å². The zero-order valence-corrected chi connectivity index (χ0v) is 16.2. The molecule has 0 unspecified atom stereocenters. The minimum absolute atomic E-state index is 0.461. The Balaban J connectivity index is 1.19. The van der Waals surface area contributed by atoms with E-state index in [1.165, 1.54) is 18.4 Å². The van der Waals surface area contributed by atoms with Gasteiger partial charge < -0.3 is 10.3 Å². The smallest absolute Gasteiger partial charge is 0.141 e. The first-order valence-electron chi connectivity index (χ1n) is 10.2. The standard InChI is InChI=1S/C22H23N7/c23-11-15-1-3-16(4-2-15)12-24-13-17-5-7-18(8-6-17)20-21-19-9-10-25-22(19)26-14-29(21)28-27-20/h1-4,9-10,14,17-18,24-25H,5-8,12-13H2. The Morgan fingerprint density at radius 2 is 1.97 bits per heavy atom. The molecular formula is C22H23N7. The Labute approximate surface area is 168 Å². The number of rotatable bonds is 5. The van der Waals surface area contributed by atoms with Gasteiger partial charge in [0.2, 0.25) is 0 Å². The Bertz CT molecular complexity index is 1160. The number of aromatic amines is 1. The zero-order chi connectivity index (χ0) is 19.6. The lowest BCUT2D eigenvalue weighted by Gasteiger charge is -2.27. The Kier molecular flexibility index (Phi) is 4.70. The molecule has 0 atom stereocenters. The van der Waals surface area contributed by atoms with Crippen molar-refractivity contribution in [3.63, 3.8) is 0 Å². The van der Waals surface area contributed by atoms with Crippen LogP contribution in [0.2, 0.25) is 0 Å². The third-order valence-corrected chi connectivity index (χ3v) is 6.08. The number of aromatic nitrogens is 5. The molecule has 0 spiro atoms. The van der Waals surface area contributed by atoms with Crippen molar-refractivity contribution in [2.75, 3.05) is 6.54 Å². The van der Waals surface area contributed by atoms with E-state index in [-0.39, 0.29) is 0 Å². The summed E-state index contributed by atoms with van der Waals surface area (Å²) >= 11 is 0. The van der Waals surface area contributed by atoms with Gasteiger partial charge in [0.15, 0.2) is 0 Å². The maximum absolute atomic E-state index is 8.88. The summed E-state index contributed by atoms with van der Waals surface area (Å²) in [6.45, 7) is 1.88. The third kappa shape index (κ3) is 3.47. The number of hydrogen-bond acceptors (Lipinski definition) is 5. The van der Waals surface area contributed by atoms with E-state index in [4.69, 9.17) is 5.26 Å². The van der Waals surface area contributed by atoms with Gasteiger partial charge in [-0.25, -0.2) is 9.50 Å². The number of H-pyrrole nitrogens is 1. The van der Waals surface area contributed by atoms with Crippen molar-refractivity contribution in [1.82, 2.24) is 30.1 Å². The van der Waals surface area contributed by atoms with Crippen molar-refractivity contribution in [2.45, 2.75) is 38.1 Å².